The van der Waals surface area contributed by atoms with Crippen LogP contribution in [0.5, 0.6) is 0 Å². The van der Waals surface area contributed by atoms with Gasteiger partial charge in [-0.15, -0.1) is 0 Å². The Morgan fingerprint density at radius 3 is 2.57 bits per heavy atom. The Kier molecular flexibility index (Phi) is 2.85. The van der Waals surface area contributed by atoms with Crippen LogP contribution in [0, 0.1) is 0 Å². The number of ether oxygens (including phenoxy) is 2. The van der Waals surface area contributed by atoms with Crippen LogP contribution in [0.2, 0.25) is 0 Å². The van der Waals surface area contributed by atoms with Crippen molar-refractivity contribution in [1.29, 1.82) is 0 Å². The van der Waals surface area contributed by atoms with Crippen LogP contribution < -0.4 is 0 Å². The average Bonchev–Trinajstić information content (AvgIpc) is 2.65. The van der Waals surface area contributed by atoms with Crippen LogP contribution in [0.1, 0.15) is 25.3 Å². The zero-order valence-electron chi connectivity index (χ0n) is 8.64. The smallest absolute Gasteiger partial charge is 0.164 e. The molecule has 3 atom stereocenters. The molecule has 0 amide bonds. The van der Waals surface area contributed by atoms with E-state index in [1.165, 1.54) is 5.56 Å². The maximum atomic E-state index is 5.66. The van der Waals surface area contributed by atoms with Crippen LogP contribution in [0.3, 0.4) is 0 Å². The van der Waals surface area contributed by atoms with Crippen molar-refractivity contribution in [3.05, 3.63) is 35.9 Å². The van der Waals surface area contributed by atoms with E-state index in [4.69, 9.17) is 9.47 Å². The lowest BCUT2D eigenvalue weighted by Crippen LogP contribution is -2.17. The minimum absolute atomic E-state index is 0.0765. The fourth-order valence-electron chi connectivity index (χ4n) is 1.71. The van der Waals surface area contributed by atoms with Gasteiger partial charge in [-0.2, -0.15) is 0 Å². The highest BCUT2D eigenvalue weighted by Crippen LogP contribution is 2.26. The van der Waals surface area contributed by atoms with Gasteiger partial charge < -0.3 is 9.47 Å². The molecule has 1 saturated heterocycles. The standard InChI is InChI=1S/C12H16O2/c1-9-8-13-12(14-9)10(2)11-6-4-3-5-7-11/h3-7,9-10,12H,8H2,1-2H3/t9-,10-,12-/m1/s1. The fourth-order valence-corrected chi connectivity index (χ4v) is 1.71. The number of hydrogen-bond acceptors (Lipinski definition) is 2. The summed E-state index contributed by atoms with van der Waals surface area (Å²) in [6, 6.07) is 10.3. The first-order valence-electron chi connectivity index (χ1n) is 5.09. The minimum atomic E-state index is -0.0765. The molecule has 1 fully saturated rings. The molecule has 0 radical (unpaired) electrons. The second-order valence-electron chi connectivity index (χ2n) is 3.85. The first kappa shape index (κ1) is 9.69. The van der Waals surface area contributed by atoms with E-state index in [2.05, 4.69) is 19.1 Å². The molecule has 76 valence electrons. The van der Waals surface area contributed by atoms with Gasteiger partial charge in [0.05, 0.1) is 12.7 Å². The Balaban J connectivity index is 2.05. The molecule has 0 aromatic heterocycles. The lowest BCUT2D eigenvalue weighted by Gasteiger charge is -2.18. The van der Waals surface area contributed by atoms with E-state index in [9.17, 15) is 0 Å². The maximum Gasteiger partial charge on any atom is 0.164 e. The highest BCUT2D eigenvalue weighted by Gasteiger charge is 2.28. The molecule has 1 heterocycles. The molecular formula is C12H16O2. The van der Waals surface area contributed by atoms with Gasteiger partial charge in [-0.1, -0.05) is 37.3 Å². The zero-order chi connectivity index (χ0) is 9.97. The van der Waals surface area contributed by atoms with E-state index in [0.29, 0.717) is 12.5 Å². The molecule has 2 rings (SSSR count). The Morgan fingerprint density at radius 2 is 2.00 bits per heavy atom. The molecule has 1 aliphatic rings. The summed E-state index contributed by atoms with van der Waals surface area (Å²) in [4.78, 5) is 0. The molecule has 0 spiro atoms. The van der Waals surface area contributed by atoms with Crippen LogP contribution in [-0.2, 0) is 9.47 Å². The maximum absolute atomic E-state index is 5.66. The summed E-state index contributed by atoms with van der Waals surface area (Å²) >= 11 is 0. The van der Waals surface area contributed by atoms with Crippen molar-refractivity contribution in [2.24, 2.45) is 0 Å². The van der Waals surface area contributed by atoms with Gasteiger partial charge in [0.2, 0.25) is 0 Å². The Hall–Kier alpha value is -0.860. The second-order valence-corrected chi connectivity index (χ2v) is 3.85. The molecular weight excluding hydrogens is 176 g/mol. The molecule has 2 heteroatoms. The van der Waals surface area contributed by atoms with Crippen molar-refractivity contribution in [3.8, 4) is 0 Å². The number of benzene rings is 1. The average molecular weight is 192 g/mol. The van der Waals surface area contributed by atoms with Gasteiger partial charge >= 0.3 is 0 Å². The molecule has 1 aliphatic heterocycles. The van der Waals surface area contributed by atoms with Gasteiger partial charge in [-0.25, -0.2) is 0 Å². The van der Waals surface area contributed by atoms with Crippen molar-refractivity contribution >= 4 is 0 Å². The molecule has 0 saturated carbocycles. The normalized spacial score (nSPS) is 29.0. The van der Waals surface area contributed by atoms with E-state index in [0.717, 1.165) is 0 Å². The van der Waals surface area contributed by atoms with E-state index < -0.39 is 0 Å². The largest absolute Gasteiger partial charge is 0.349 e. The summed E-state index contributed by atoms with van der Waals surface area (Å²) in [5.74, 6) is 0.307. The SMILES string of the molecule is C[C@@H]1CO[C@@H]([C@H](C)c2ccccc2)O1. The zero-order valence-corrected chi connectivity index (χ0v) is 8.64. The quantitative estimate of drug-likeness (QED) is 0.717. The van der Waals surface area contributed by atoms with Crippen molar-refractivity contribution in [3.63, 3.8) is 0 Å². The first-order chi connectivity index (χ1) is 6.77. The first-order valence-corrected chi connectivity index (χ1v) is 5.09. The molecule has 14 heavy (non-hydrogen) atoms. The van der Waals surface area contributed by atoms with Gasteiger partial charge in [-0.3, -0.25) is 0 Å². The molecule has 0 bridgehead atoms. The van der Waals surface area contributed by atoms with Crippen LogP contribution in [0.25, 0.3) is 0 Å². The third kappa shape index (κ3) is 1.97. The van der Waals surface area contributed by atoms with Crippen LogP contribution in [0.15, 0.2) is 30.3 Å². The minimum Gasteiger partial charge on any atom is -0.349 e. The number of rotatable bonds is 2. The fraction of sp³-hybridized carbons (Fsp3) is 0.500. The van der Waals surface area contributed by atoms with Crippen molar-refractivity contribution in [2.45, 2.75) is 32.2 Å². The molecule has 0 N–H and O–H groups in total. The molecule has 0 aliphatic carbocycles. The van der Waals surface area contributed by atoms with Crippen LogP contribution in [-0.4, -0.2) is 19.0 Å². The van der Waals surface area contributed by atoms with Gasteiger partial charge in [-0.05, 0) is 12.5 Å². The third-order valence-electron chi connectivity index (χ3n) is 2.60. The number of hydrogen-bond donors (Lipinski definition) is 0. The lowest BCUT2D eigenvalue weighted by molar-refractivity contribution is -0.0691. The van der Waals surface area contributed by atoms with E-state index in [1.807, 2.05) is 25.1 Å². The molecule has 0 unspecified atom stereocenters. The monoisotopic (exact) mass is 192 g/mol. The van der Waals surface area contributed by atoms with Gasteiger partial charge in [0.25, 0.3) is 0 Å². The highest BCUT2D eigenvalue weighted by atomic mass is 16.7. The lowest BCUT2D eigenvalue weighted by atomic mass is 10.0. The molecule has 2 nitrogen and oxygen atoms in total. The second kappa shape index (κ2) is 4.11. The van der Waals surface area contributed by atoms with Gasteiger partial charge in [0, 0.05) is 5.92 Å². The summed E-state index contributed by atoms with van der Waals surface area (Å²) < 4.78 is 11.2. The molecule has 1 aromatic rings. The predicted octanol–water partition coefficient (Wildman–Crippen LogP) is 2.55. The van der Waals surface area contributed by atoms with Crippen LogP contribution >= 0.6 is 0 Å². The van der Waals surface area contributed by atoms with Crippen molar-refractivity contribution < 1.29 is 9.47 Å². The summed E-state index contributed by atoms with van der Waals surface area (Å²) in [6.45, 7) is 4.89. The Labute approximate surface area is 84.8 Å². The summed E-state index contributed by atoms with van der Waals surface area (Å²) in [6.07, 6.45) is 0.151. The Morgan fingerprint density at radius 1 is 1.29 bits per heavy atom. The van der Waals surface area contributed by atoms with E-state index in [-0.39, 0.29) is 12.4 Å². The predicted molar refractivity (Wildman–Crippen MR) is 55.1 cm³/mol. The van der Waals surface area contributed by atoms with E-state index >= 15 is 0 Å². The summed E-state index contributed by atoms with van der Waals surface area (Å²) in [5.41, 5.74) is 1.27. The van der Waals surface area contributed by atoms with Crippen molar-refractivity contribution in [1.82, 2.24) is 0 Å². The van der Waals surface area contributed by atoms with Crippen molar-refractivity contribution in [2.75, 3.05) is 6.61 Å². The molecule has 1 aromatic carbocycles. The summed E-state index contributed by atoms with van der Waals surface area (Å²) in [7, 11) is 0. The highest BCUT2D eigenvalue weighted by molar-refractivity contribution is 5.19. The summed E-state index contributed by atoms with van der Waals surface area (Å²) in [5, 5.41) is 0. The Bertz CT molecular complexity index is 284. The third-order valence-corrected chi connectivity index (χ3v) is 2.60. The van der Waals surface area contributed by atoms with Gasteiger partial charge in [0.1, 0.15) is 0 Å². The van der Waals surface area contributed by atoms with E-state index in [1.54, 1.807) is 0 Å². The van der Waals surface area contributed by atoms with Gasteiger partial charge in [0.15, 0.2) is 6.29 Å². The topological polar surface area (TPSA) is 18.5 Å². The van der Waals surface area contributed by atoms with Crippen LogP contribution in [0.4, 0.5) is 0 Å².